The summed E-state index contributed by atoms with van der Waals surface area (Å²) in [5.74, 6) is -0.902. The molecule has 0 aromatic heterocycles. The van der Waals surface area contributed by atoms with E-state index in [-0.39, 0.29) is 18.0 Å². The van der Waals surface area contributed by atoms with Gasteiger partial charge in [0, 0.05) is 26.7 Å². The summed E-state index contributed by atoms with van der Waals surface area (Å²) in [6.07, 6.45) is -1.61. The molecule has 0 aliphatic carbocycles. The maximum atomic E-state index is 13.7. The number of halogens is 4. The molecule has 2 saturated heterocycles. The molecule has 1 atom stereocenters. The van der Waals surface area contributed by atoms with Crippen LogP contribution in [-0.4, -0.2) is 54.6 Å². The number of carbonyl (C=O) groups is 1. The van der Waals surface area contributed by atoms with Gasteiger partial charge in [-0.15, -0.1) is 0 Å². The fourth-order valence-electron chi connectivity index (χ4n) is 4.30. The van der Waals surface area contributed by atoms with Crippen LogP contribution in [0.4, 0.5) is 17.6 Å². The van der Waals surface area contributed by atoms with Crippen molar-refractivity contribution in [3.63, 3.8) is 0 Å². The van der Waals surface area contributed by atoms with Gasteiger partial charge in [-0.25, -0.2) is 4.39 Å². The Bertz CT molecular complexity index is 695. The number of nitrogens with zero attached hydrogens (tertiary/aromatic N) is 2. The van der Waals surface area contributed by atoms with Crippen molar-refractivity contribution in [1.29, 1.82) is 0 Å². The lowest BCUT2D eigenvalue weighted by Crippen LogP contribution is -2.60. The van der Waals surface area contributed by atoms with Gasteiger partial charge in [0.1, 0.15) is 11.4 Å². The standard InChI is InChI=1S/C19H24F4N2O2/c1-27-9-8-24-6-2-4-18(17(24)26)5-3-7-25(18)13-14-10-15(19(21,22)23)12-16(20)11-14/h10-12H,2-9,13H2,1H3. The quantitative estimate of drug-likeness (QED) is 0.725. The molecule has 1 unspecified atom stereocenters. The second kappa shape index (κ2) is 7.75. The van der Waals surface area contributed by atoms with E-state index >= 15 is 0 Å². The predicted molar refractivity (Wildman–Crippen MR) is 91.5 cm³/mol. The number of likely N-dealkylation sites (tertiary alicyclic amines) is 2. The highest BCUT2D eigenvalue weighted by Crippen LogP contribution is 2.39. The molecular formula is C19H24F4N2O2. The second-order valence-corrected chi connectivity index (χ2v) is 7.29. The zero-order chi connectivity index (χ0) is 19.7. The monoisotopic (exact) mass is 388 g/mol. The van der Waals surface area contributed by atoms with Crippen LogP contribution in [0, 0.1) is 5.82 Å². The SMILES string of the molecule is COCCN1CCCC2(CCCN2Cc2cc(F)cc(C(F)(F)F)c2)C1=O. The molecule has 0 N–H and O–H groups in total. The summed E-state index contributed by atoms with van der Waals surface area (Å²) in [6.45, 7) is 2.35. The maximum Gasteiger partial charge on any atom is 0.416 e. The Morgan fingerprint density at radius 1 is 1.15 bits per heavy atom. The molecule has 2 heterocycles. The highest BCUT2D eigenvalue weighted by atomic mass is 19.4. The number of alkyl halides is 3. The van der Waals surface area contributed by atoms with E-state index in [4.69, 9.17) is 4.74 Å². The lowest BCUT2D eigenvalue weighted by atomic mass is 9.85. The Morgan fingerprint density at radius 2 is 1.85 bits per heavy atom. The van der Waals surface area contributed by atoms with E-state index in [0.717, 1.165) is 25.0 Å². The third kappa shape index (κ3) is 4.11. The zero-order valence-corrected chi connectivity index (χ0v) is 15.3. The first-order chi connectivity index (χ1) is 12.8. The molecule has 1 amide bonds. The summed E-state index contributed by atoms with van der Waals surface area (Å²) in [6, 6.07) is 2.60. The van der Waals surface area contributed by atoms with E-state index in [1.54, 1.807) is 12.0 Å². The number of rotatable bonds is 5. The van der Waals surface area contributed by atoms with E-state index in [1.807, 2.05) is 4.90 Å². The highest BCUT2D eigenvalue weighted by Gasteiger charge is 2.50. The molecule has 3 rings (SSSR count). The fraction of sp³-hybridized carbons (Fsp3) is 0.632. The van der Waals surface area contributed by atoms with Crippen LogP contribution in [-0.2, 0) is 22.3 Å². The van der Waals surface area contributed by atoms with Crippen LogP contribution in [0.1, 0.15) is 36.8 Å². The Hall–Kier alpha value is -1.67. The average Bonchev–Trinajstić information content (AvgIpc) is 2.98. The largest absolute Gasteiger partial charge is 0.416 e. The molecule has 27 heavy (non-hydrogen) atoms. The van der Waals surface area contributed by atoms with Gasteiger partial charge in [-0.3, -0.25) is 9.69 Å². The summed E-state index contributed by atoms with van der Waals surface area (Å²) in [5.41, 5.74) is -1.45. The Balaban J connectivity index is 1.82. The maximum absolute atomic E-state index is 13.7. The van der Waals surface area contributed by atoms with Crippen molar-refractivity contribution in [3.8, 4) is 0 Å². The molecule has 0 saturated carbocycles. The van der Waals surface area contributed by atoms with Crippen molar-refractivity contribution in [2.75, 3.05) is 33.4 Å². The van der Waals surface area contributed by atoms with Gasteiger partial charge in [0.15, 0.2) is 0 Å². The minimum Gasteiger partial charge on any atom is -0.383 e. The number of hydrogen-bond donors (Lipinski definition) is 0. The van der Waals surface area contributed by atoms with Gasteiger partial charge in [-0.2, -0.15) is 13.2 Å². The van der Waals surface area contributed by atoms with E-state index in [1.165, 1.54) is 0 Å². The number of benzene rings is 1. The summed E-state index contributed by atoms with van der Waals surface area (Å²) < 4.78 is 57.8. The van der Waals surface area contributed by atoms with Gasteiger partial charge < -0.3 is 9.64 Å². The predicted octanol–water partition coefficient (Wildman–Crippen LogP) is 3.45. The average molecular weight is 388 g/mol. The molecule has 4 nitrogen and oxygen atoms in total. The van der Waals surface area contributed by atoms with Crippen molar-refractivity contribution in [1.82, 2.24) is 9.80 Å². The van der Waals surface area contributed by atoms with Crippen molar-refractivity contribution >= 4 is 5.91 Å². The van der Waals surface area contributed by atoms with Gasteiger partial charge in [0.05, 0.1) is 12.2 Å². The van der Waals surface area contributed by atoms with Crippen molar-refractivity contribution < 1.29 is 27.1 Å². The molecule has 150 valence electrons. The van der Waals surface area contributed by atoms with E-state index < -0.39 is 23.1 Å². The van der Waals surface area contributed by atoms with Crippen LogP contribution in [0.2, 0.25) is 0 Å². The van der Waals surface area contributed by atoms with E-state index in [9.17, 15) is 22.4 Å². The minimum absolute atomic E-state index is 0.00995. The van der Waals surface area contributed by atoms with E-state index in [0.29, 0.717) is 45.1 Å². The van der Waals surface area contributed by atoms with Crippen LogP contribution >= 0.6 is 0 Å². The third-order valence-electron chi connectivity index (χ3n) is 5.55. The summed E-state index contributed by atoms with van der Waals surface area (Å²) in [5, 5.41) is 0. The Morgan fingerprint density at radius 3 is 2.52 bits per heavy atom. The van der Waals surface area contributed by atoms with Gasteiger partial charge in [-0.05, 0) is 56.0 Å². The molecule has 1 spiro atoms. The van der Waals surface area contributed by atoms with Crippen molar-refractivity contribution in [2.24, 2.45) is 0 Å². The molecule has 2 fully saturated rings. The first-order valence-corrected chi connectivity index (χ1v) is 9.16. The molecule has 1 aromatic carbocycles. The number of ether oxygens (including phenoxy) is 1. The Labute approximate surface area is 156 Å². The van der Waals surface area contributed by atoms with Gasteiger partial charge in [0.25, 0.3) is 0 Å². The molecule has 0 radical (unpaired) electrons. The number of methoxy groups -OCH3 is 1. The lowest BCUT2D eigenvalue weighted by Gasteiger charge is -2.44. The van der Waals surface area contributed by atoms with Crippen LogP contribution in [0.3, 0.4) is 0 Å². The normalized spacial score (nSPS) is 24.2. The zero-order valence-electron chi connectivity index (χ0n) is 15.3. The molecule has 2 aliphatic rings. The van der Waals surface area contributed by atoms with Crippen LogP contribution < -0.4 is 0 Å². The van der Waals surface area contributed by atoms with Gasteiger partial charge in [0.2, 0.25) is 5.91 Å². The van der Waals surface area contributed by atoms with Crippen molar-refractivity contribution in [3.05, 3.63) is 35.1 Å². The summed E-state index contributed by atoms with van der Waals surface area (Å²) >= 11 is 0. The number of hydrogen-bond acceptors (Lipinski definition) is 3. The van der Waals surface area contributed by atoms with Crippen LogP contribution in [0.15, 0.2) is 18.2 Å². The molecule has 8 heteroatoms. The number of piperidine rings is 1. The third-order valence-corrected chi connectivity index (χ3v) is 5.55. The lowest BCUT2D eigenvalue weighted by molar-refractivity contribution is -0.148. The summed E-state index contributed by atoms with van der Waals surface area (Å²) in [7, 11) is 1.58. The van der Waals surface area contributed by atoms with Gasteiger partial charge >= 0.3 is 6.18 Å². The first kappa shape index (κ1) is 20.1. The van der Waals surface area contributed by atoms with Crippen molar-refractivity contribution in [2.45, 2.75) is 43.9 Å². The second-order valence-electron chi connectivity index (χ2n) is 7.29. The number of amides is 1. The van der Waals surface area contributed by atoms with Crippen LogP contribution in [0.25, 0.3) is 0 Å². The number of carbonyl (C=O) groups excluding carboxylic acids is 1. The Kier molecular flexibility index (Phi) is 5.76. The molecular weight excluding hydrogens is 364 g/mol. The topological polar surface area (TPSA) is 32.8 Å². The summed E-state index contributed by atoms with van der Waals surface area (Å²) in [4.78, 5) is 16.8. The molecule has 0 bridgehead atoms. The fourth-order valence-corrected chi connectivity index (χ4v) is 4.30. The van der Waals surface area contributed by atoms with Gasteiger partial charge in [-0.1, -0.05) is 0 Å². The first-order valence-electron chi connectivity index (χ1n) is 9.16. The van der Waals surface area contributed by atoms with Crippen LogP contribution in [0.5, 0.6) is 0 Å². The highest BCUT2D eigenvalue weighted by molar-refractivity contribution is 5.87. The molecule has 1 aromatic rings. The minimum atomic E-state index is -4.60. The smallest absolute Gasteiger partial charge is 0.383 e. The molecule has 2 aliphatic heterocycles. The van der Waals surface area contributed by atoms with E-state index in [2.05, 4.69) is 0 Å².